The molecule has 4 aromatic rings. The highest BCUT2D eigenvalue weighted by molar-refractivity contribution is 6.35. The van der Waals surface area contributed by atoms with Gasteiger partial charge >= 0.3 is 12.3 Å². The number of benzene rings is 1. The van der Waals surface area contributed by atoms with Crippen molar-refractivity contribution >= 4 is 23.6 Å². The van der Waals surface area contributed by atoms with Crippen LogP contribution in [0.1, 0.15) is 86.8 Å². The van der Waals surface area contributed by atoms with Crippen molar-refractivity contribution in [1.29, 1.82) is 0 Å². The molecular weight excluding hydrogens is 817 g/mol. The van der Waals surface area contributed by atoms with Gasteiger partial charge in [-0.15, -0.1) is 0 Å². The van der Waals surface area contributed by atoms with Gasteiger partial charge in [-0.2, -0.15) is 18.2 Å². The number of rotatable bonds is 13. The average molecular weight is 867 g/mol. The third-order valence-corrected chi connectivity index (χ3v) is 11.3. The Morgan fingerprint density at radius 2 is 1.70 bits per heavy atom. The number of fused-ring (bicyclic) bond motifs is 1. The van der Waals surface area contributed by atoms with E-state index in [1.165, 1.54) is 19.1 Å². The fraction of sp³-hybridized carbons (Fsp3) is 0.477. The molecule has 2 amide bonds. The molecule has 3 aliphatic rings. The van der Waals surface area contributed by atoms with Gasteiger partial charge in [0.25, 0.3) is 0 Å². The van der Waals surface area contributed by atoms with E-state index in [-0.39, 0.29) is 54.9 Å². The van der Waals surface area contributed by atoms with Crippen molar-refractivity contribution in [3.05, 3.63) is 81.5 Å². The Morgan fingerprint density at radius 3 is 2.39 bits per heavy atom. The largest absolute Gasteiger partial charge is 0.481 e. The van der Waals surface area contributed by atoms with Crippen LogP contribution in [0.15, 0.2) is 48.7 Å². The molecule has 2 fully saturated rings. The predicted molar refractivity (Wildman–Crippen MR) is 220 cm³/mol. The zero-order valence-corrected chi connectivity index (χ0v) is 35.5. The Balaban J connectivity index is 1.14. The minimum absolute atomic E-state index is 0.0556. The molecule has 3 aromatic heterocycles. The van der Waals surface area contributed by atoms with E-state index in [1.54, 1.807) is 51.2 Å². The maximum atomic E-state index is 14.6. The Hall–Kier alpha value is -5.19. The number of aromatic nitrogens is 3. The average Bonchev–Trinajstić information content (AvgIpc) is 3.84. The van der Waals surface area contributed by atoms with Gasteiger partial charge in [0.2, 0.25) is 23.5 Å². The fourth-order valence-electron chi connectivity index (χ4n) is 7.93. The first kappa shape index (κ1) is 43.9. The van der Waals surface area contributed by atoms with Crippen LogP contribution in [0.4, 0.5) is 18.0 Å². The molecule has 5 heterocycles. The summed E-state index contributed by atoms with van der Waals surface area (Å²) in [5.74, 6) is -0.291. The van der Waals surface area contributed by atoms with Gasteiger partial charge in [0.05, 0.1) is 37.2 Å². The molecule has 1 aliphatic carbocycles. The number of nitrogens with one attached hydrogen (secondary N) is 2. The van der Waals surface area contributed by atoms with Crippen LogP contribution in [-0.4, -0.2) is 83.5 Å². The number of carbonyl (C=O) groups is 2. The lowest BCUT2D eigenvalue weighted by molar-refractivity contribution is -0.139. The molecule has 1 aromatic carbocycles. The van der Waals surface area contributed by atoms with E-state index in [1.807, 2.05) is 12.1 Å². The minimum Gasteiger partial charge on any atom is -0.481 e. The van der Waals surface area contributed by atoms with Crippen LogP contribution in [0.25, 0.3) is 22.5 Å². The van der Waals surface area contributed by atoms with Gasteiger partial charge in [-0.3, -0.25) is 9.78 Å². The van der Waals surface area contributed by atoms with Gasteiger partial charge in [-0.25, -0.2) is 9.78 Å². The number of pyridine rings is 3. The second-order valence-electron chi connectivity index (χ2n) is 16.3. The second-order valence-corrected chi connectivity index (χ2v) is 16.7. The molecular formula is C44H50ClF3N6O7. The molecule has 0 radical (unpaired) electrons. The van der Waals surface area contributed by atoms with E-state index in [9.17, 15) is 22.8 Å². The predicted octanol–water partition coefficient (Wildman–Crippen LogP) is 8.25. The first-order chi connectivity index (χ1) is 29.1. The summed E-state index contributed by atoms with van der Waals surface area (Å²) in [6.07, 6.45) is -0.982. The molecule has 7 rings (SSSR count). The van der Waals surface area contributed by atoms with Crippen molar-refractivity contribution in [2.75, 3.05) is 34.0 Å². The van der Waals surface area contributed by atoms with Crippen LogP contribution in [-0.2, 0) is 40.0 Å². The maximum Gasteiger partial charge on any atom is 0.421 e. The lowest BCUT2D eigenvalue weighted by Crippen LogP contribution is -2.43. The number of hydrogen-bond acceptors (Lipinski definition) is 11. The van der Waals surface area contributed by atoms with Crippen molar-refractivity contribution in [3.8, 4) is 40.2 Å². The van der Waals surface area contributed by atoms with Crippen molar-refractivity contribution in [1.82, 2.24) is 30.5 Å². The first-order valence-electron chi connectivity index (χ1n) is 20.3. The maximum absolute atomic E-state index is 14.6. The molecule has 17 heteroatoms. The second kappa shape index (κ2) is 18.4. The van der Waals surface area contributed by atoms with E-state index < -0.39 is 35.4 Å². The summed E-state index contributed by atoms with van der Waals surface area (Å²) in [5.41, 5.74) is 2.96. The Bertz CT molecular complexity index is 2250. The van der Waals surface area contributed by atoms with Gasteiger partial charge in [0, 0.05) is 73.3 Å². The summed E-state index contributed by atoms with van der Waals surface area (Å²) >= 11 is 7.13. The molecule has 2 saturated heterocycles. The number of hydrogen-bond donors (Lipinski definition) is 2. The Kier molecular flexibility index (Phi) is 13.3. The summed E-state index contributed by atoms with van der Waals surface area (Å²) in [4.78, 5) is 40.5. The van der Waals surface area contributed by atoms with Crippen LogP contribution in [0.3, 0.4) is 0 Å². The van der Waals surface area contributed by atoms with E-state index in [2.05, 4.69) is 20.6 Å². The third kappa shape index (κ3) is 10.3. The van der Waals surface area contributed by atoms with Crippen LogP contribution in [0.5, 0.6) is 17.6 Å². The molecule has 2 N–H and O–H groups in total. The number of alkyl halides is 3. The topological polar surface area (TPSA) is 146 Å². The molecule has 0 bridgehead atoms. The molecule has 13 nitrogen and oxygen atoms in total. The number of carbonyl (C=O) groups excluding carboxylic acids is 2. The van der Waals surface area contributed by atoms with Gasteiger partial charge < -0.3 is 39.2 Å². The summed E-state index contributed by atoms with van der Waals surface area (Å²) < 4.78 is 72.1. The number of nitrogens with zero attached hydrogens (tertiary/aromatic N) is 4. The number of amides is 2. The highest BCUT2D eigenvalue weighted by Gasteiger charge is 2.39. The summed E-state index contributed by atoms with van der Waals surface area (Å²) in [6.45, 7) is 7.05. The first-order valence-corrected chi connectivity index (χ1v) is 20.7. The zero-order valence-electron chi connectivity index (χ0n) is 34.8. The van der Waals surface area contributed by atoms with Gasteiger partial charge in [-0.1, -0.05) is 29.8 Å². The molecule has 0 unspecified atom stereocenters. The summed E-state index contributed by atoms with van der Waals surface area (Å²) in [6, 6.07) is 11.8. The molecule has 2 atom stereocenters. The van der Waals surface area contributed by atoms with E-state index >= 15 is 0 Å². The van der Waals surface area contributed by atoms with E-state index in [4.69, 9.17) is 40.3 Å². The lowest BCUT2D eigenvalue weighted by Gasteiger charge is -2.29. The monoisotopic (exact) mass is 866 g/mol. The number of halogens is 4. The third-order valence-electron chi connectivity index (χ3n) is 10.9. The van der Waals surface area contributed by atoms with Crippen LogP contribution >= 0.6 is 11.6 Å². The van der Waals surface area contributed by atoms with Crippen LogP contribution in [0, 0.1) is 0 Å². The standard InChI is InChI=1S/C44H50ClF3N6O7/c1-43(2,3)61-42(56)54(24-28-10-14-36(55)51-28)23-25-9-12-34(52-39(25)57-4)32-15-18-49-38(37(32)45)31-8-6-7-30-29(31)11-13-35(30)60-41-33(44(46,47)48)21-26(40(53-41)58-5)22-50-27-16-19-59-20-17-27/h6-9,12,15,18,21,27-28,35,50H,10-11,13-14,16-17,19-20,22-24H2,1-5H3,(H,51,55)/t28-,35-/m0/s1. The molecule has 0 saturated carbocycles. The van der Waals surface area contributed by atoms with Gasteiger partial charge in [-0.05, 0) is 88.3 Å². The van der Waals surface area contributed by atoms with Crippen molar-refractivity contribution in [2.45, 2.75) is 102 Å². The summed E-state index contributed by atoms with van der Waals surface area (Å²) in [5, 5.41) is 6.53. The van der Waals surface area contributed by atoms with Crippen LogP contribution in [0.2, 0.25) is 5.02 Å². The smallest absolute Gasteiger partial charge is 0.421 e. The Morgan fingerprint density at radius 1 is 0.951 bits per heavy atom. The normalized spacial score (nSPS) is 18.1. The molecule has 2 aliphatic heterocycles. The van der Waals surface area contributed by atoms with Crippen LogP contribution < -0.4 is 24.8 Å². The highest BCUT2D eigenvalue weighted by atomic mass is 35.5. The lowest BCUT2D eigenvalue weighted by atomic mass is 9.98. The fourth-order valence-corrected chi connectivity index (χ4v) is 8.24. The molecule has 326 valence electrons. The number of ether oxygens (including phenoxy) is 5. The quantitative estimate of drug-likeness (QED) is 0.134. The van der Waals surface area contributed by atoms with Crippen molar-refractivity contribution in [3.63, 3.8) is 0 Å². The minimum atomic E-state index is -4.73. The molecule has 61 heavy (non-hydrogen) atoms. The van der Waals surface area contributed by atoms with Gasteiger partial charge in [0.15, 0.2) is 0 Å². The van der Waals surface area contributed by atoms with E-state index in [0.29, 0.717) is 77.6 Å². The molecule has 0 spiro atoms. The van der Waals surface area contributed by atoms with Gasteiger partial charge in [0.1, 0.15) is 17.3 Å². The Labute approximate surface area is 357 Å². The van der Waals surface area contributed by atoms with Crippen molar-refractivity contribution in [2.24, 2.45) is 0 Å². The van der Waals surface area contributed by atoms with E-state index in [0.717, 1.165) is 24.5 Å². The SMILES string of the molecule is COc1nc(-c2ccnc(-c3cccc4c3CC[C@@H]4Oc3nc(OC)c(CNC4CCOCC4)cc3C(F)(F)F)c2Cl)ccc1CN(C[C@@H]1CCC(=O)N1)C(=O)OC(C)(C)C. The zero-order chi connectivity index (χ0) is 43.5. The van der Waals surface area contributed by atoms with Crippen molar-refractivity contribution < 1.29 is 46.4 Å². The highest BCUT2D eigenvalue weighted by Crippen LogP contribution is 2.45. The number of methoxy groups -OCH3 is 2. The summed E-state index contributed by atoms with van der Waals surface area (Å²) in [7, 11) is 2.86.